The van der Waals surface area contributed by atoms with Crippen LogP contribution < -0.4 is 5.32 Å². The Labute approximate surface area is 292 Å². The van der Waals surface area contributed by atoms with Crippen molar-refractivity contribution < 1.29 is 14.4 Å². The third kappa shape index (κ3) is 8.58. The highest BCUT2D eigenvalue weighted by atomic mass is 16.1. The van der Waals surface area contributed by atoms with Crippen LogP contribution in [0.5, 0.6) is 0 Å². The molecule has 2 aliphatic rings. The first-order chi connectivity index (χ1) is 22.2. The quantitative estimate of drug-likeness (QED) is 0.190. The molecule has 1 aromatic carbocycles. The van der Waals surface area contributed by atoms with Crippen molar-refractivity contribution in [2.75, 3.05) is 0 Å². The van der Waals surface area contributed by atoms with Gasteiger partial charge in [-0.05, 0) is 97.5 Å². The Hall–Kier alpha value is -3.00. The van der Waals surface area contributed by atoms with E-state index < -0.39 is 10.8 Å². The second-order valence-corrected chi connectivity index (χ2v) is 18.0. The molecule has 48 heavy (non-hydrogen) atoms. The van der Waals surface area contributed by atoms with E-state index in [1.165, 1.54) is 6.42 Å². The lowest BCUT2D eigenvalue weighted by Crippen LogP contribution is -2.55. The van der Waals surface area contributed by atoms with Crippen LogP contribution in [0.3, 0.4) is 0 Å². The van der Waals surface area contributed by atoms with Gasteiger partial charge in [0.15, 0.2) is 11.6 Å². The zero-order chi connectivity index (χ0) is 36.2. The molecule has 0 unspecified atom stereocenters. The highest BCUT2D eigenvalue weighted by Crippen LogP contribution is 2.67. The molecule has 0 aromatic heterocycles. The molecule has 1 aromatic rings. The van der Waals surface area contributed by atoms with E-state index in [1.807, 2.05) is 56.3 Å². The summed E-state index contributed by atoms with van der Waals surface area (Å²) in [6.07, 6.45) is 13.2. The summed E-state index contributed by atoms with van der Waals surface area (Å²) in [4.78, 5) is 39.4. The average Bonchev–Trinajstić information content (AvgIpc) is 3.01. The van der Waals surface area contributed by atoms with Crippen molar-refractivity contribution in [2.45, 2.75) is 147 Å². The smallest absolute Gasteiger partial charge is 0.220 e. The SMILES string of the molecule is CCCC(C)(C)CC[C@](C)(CCC(=O)NCc1ccccc1)CCC(C)(C)[C@]1(C)CC[C@H]2C(C)(C)C(=O)C(C#N)=C[C@]2(C)/C1=C/C(C)=O. The lowest BCUT2D eigenvalue weighted by Gasteiger charge is -2.61. The molecule has 0 spiro atoms. The number of amides is 1. The summed E-state index contributed by atoms with van der Waals surface area (Å²) in [7, 11) is 0. The topological polar surface area (TPSA) is 87.0 Å². The van der Waals surface area contributed by atoms with Gasteiger partial charge in [0.05, 0.1) is 5.57 Å². The van der Waals surface area contributed by atoms with Crippen molar-refractivity contribution >= 4 is 17.5 Å². The van der Waals surface area contributed by atoms with Crippen LogP contribution in [0.1, 0.15) is 146 Å². The lowest BCUT2D eigenvalue weighted by molar-refractivity contribution is -0.131. The molecular formula is C43H64N2O3. The summed E-state index contributed by atoms with van der Waals surface area (Å²) < 4.78 is 0. The maximum Gasteiger partial charge on any atom is 0.220 e. The summed E-state index contributed by atoms with van der Waals surface area (Å²) in [6.45, 7) is 24.6. The Morgan fingerprint density at radius 2 is 1.58 bits per heavy atom. The lowest BCUT2D eigenvalue weighted by atomic mass is 9.42. The van der Waals surface area contributed by atoms with E-state index in [0.29, 0.717) is 13.0 Å². The van der Waals surface area contributed by atoms with Crippen molar-refractivity contribution in [3.63, 3.8) is 0 Å². The minimum atomic E-state index is -0.694. The van der Waals surface area contributed by atoms with Gasteiger partial charge >= 0.3 is 0 Å². The molecule has 0 radical (unpaired) electrons. The van der Waals surface area contributed by atoms with Gasteiger partial charge in [0.1, 0.15) is 6.07 Å². The molecular weight excluding hydrogens is 592 g/mol. The van der Waals surface area contributed by atoms with Crippen LogP contribution in [0.15, 0.2) is 53.6 Å². The van der Waals surface area contributed by atoms with Crippen LogP contribution in [-0.2, 0) is 20.9 Å². The fourth-order valence-corrected chi connectivity index (χ4v) is 9.12. The monoisotopic (exact) mass is 656 g/mol. The average molecular weight is 657 g/mol. The minimum Gasteiger partial charge on any atom is -0.352 e. The predicted octanol–water partition coefficient (Wildman–Crippen LogP) is 10.5. The number of Topliss-reactive ketones (excluding diaryl/α,β-unsaturated/α-hetero) is 1. The van der Waals surface area contributed by atoms with Gasteiger partial charge in [-0.3, -0.25) is 14.4 Å². The van der Waals surface area contributed by atoms with Gasteiger partial charge in [-0.15, -0.1) is 0 Å². The van der Waals surface area contributed by atoms with E-state index in [1.54, 1.807) is 6.92 Å². The first kappa shape index (κ1) is 39.4. The molecule has 0 aliphatic heterocycles. The number of rotatable bonds is 15. The van der Waals surface area contributed by atoms with Crippen molar-refractivity contribution in [1.82, 2.24) is 5.32 Å². The Morgan fingerprint density at radius 1 is 0.958 bits per heavy atom. The molecule has 4 atom stereocenters. The number of nitriles is 1. The molecule has 1 saturated carbocycles. The third-order valence-electron chi connectivity index (χ3n) is 12.9. The summed E-state index contributed by atoms with van der Waals surface area (Å²) in [6, 6.07) is 12.2. The normalized spacial score (nSPS) is 26.2. The highest BCUT2D eigenvalue weighted by molar-refractivity contribution is 6.04. The van der Waals surface area contributed by atoms with Crippen LogP contribution >= 0.6 is 0 Å². The van der Waals surface area contributed by atoms with E-state index in [0.717, 1.165) is 62.5 Å². The maximum atomic E-state index is 13.4. The summed E-state index contributed by atoms with van der Waals surface area (Å²) in [5, 5.41) is 13.1. The number of nitrogens with zero attached hydrogens (tertiary/aromatic N) is 1. The van der Waals surface area contributed by atoms with Gasteiger partial charge < -0.3 is 5.32 Å². The van der Waals surface area contributed by atoms with E-state index in [-0.39, 0.29) is 50.6 Å². The maximum absolute atomic E-state index is 13.4. The third-order valence-corrected chi connectivity index (χ3v) is 12.9. The van der Waals surface area contributed by atoms with Crippen molar-refractivity contribution in [1.29, 1.82) is 5.26 Å². The fourth-order valence-electron chi connectivity index (χ4n) is 9.12. The van der Waals surface area contributed by atoms with Gasteiger partial charge in [-0.25, -0.2) is 0 Å². The van der Waals surface area contributed by atoms with Crippen molar-refractivity contribution in [3.8, 4) is 6.07 Å². The number of allylic oxidation sites excluding steroid dienone is 4. The van der Waals surface area contributed by atoms with E-state index in [2.05, 4.69) is 66.8 Å². The predicted molar refractivity (Wildman–Crippen MR) is 197 cm³/mol. The van der Waals surface area contributed by atoms with Crippen molar-refractivity contribution in [3.05, 3.63) is 59.2 Å². The van der Waals surface area contributed by atoms with Crippen LogP contribution in [0.2, 0.25) is 0 Å². The van der Waals surface area contributed by atoms with Crippen LogP contribution in [-0.4, -0.2) is 17.5 Å². The van der Waals surface area contributed by atoms with Crippen LogP contribution in [0.25, 0.3) is 0 Å². The number of hydrogen-bond donors (Lipinski definition) is 1. The number of nitrogens with one attached hydrogen (secondary N) is 1. The van der Waals surface area contributed by atoms with E-state index in [4.69, 9.17) is 0 Å². The summed E-state index contributed by atoms with van der Waals surface area (Å²) >= 11 is 0. The highest BCUT2D eigenvalue weighted by Gasteiger charge is 2.61. The molecule has 264 valence electrons. The van der Waals surface area contributed by atoms with Crippen molar-refractivity contribution in [2.24, 2.45) is 38.4 Å². The molecule has 0 heterocycles. The molecule has 1 amide bonds. The molecule has 2 aliphatic carbocycles. The van der Waals surface area contributed by atoms with Crippen LogP contribution in [0.4, 0.5) is 0 Å². The Kier molecular flexibility index (Phi) is 12.2. The first-order valence-corrected chi connectivity index (χ1v) is 18.4. The minimum absolute atomic E-state index is 0.0000211. The van der Waals surface area contributed by atoms with E-state index in [9.17, 15) is 19.6 Å². The number of hydrogen-bond acceptors (Lipinski definition) is 4. The molecule has 1 fully saturated rings. The van der Waals surface area contributed by atoms with Gasteiger partial charge in [0.2, 0.25) is 5.91 Å². The number of fused-ring (bicyclic) bond motifs is 1. The van der Waals surface area contributed by atoms with Gasteiger partial charge in [-0.2, -0.15) is 5.26 Å². The second kappa shape index (κ2) is 14.9. The molecule has 5 nitrogen and oxygen atoms in total. The van der Waals surface area contributed by atoms with Gasteiger partial charge in [0, 0.05) is 23.8 Å². The van der Waals surface area contributed by atoms with Gasteiger partial charge in [0.25, 0.3) is 0 Å². The number of carbonyl (C=O) groups excluding carboxylic acids is 3. The van der Waals surface area contributed by atoms with Gasteiger partial charge in [-0.1, -0.05) is 118 Å². The second-order valence-electron chi connectivity index (χ2n) is 18.0. The Morgan fingerprint density at radius 3 is 2.17 bits per heavy atom. The largest absolute Gasteiger partial charge is 0.352 e. The van der Waals surface area contributed by atoms with Crippen LogP contribution in [0, 0.1) is 49.7 Å². The number of carbonyl (C=O) groups is 3. The fraction of sp³-hybridized carbons (Fsp3) is 0.674. The zero-order valence-corrected chi connectivity index (χ0v) is 32.1. The number of ketones is 2. The van der Waals surface area contributed by atoms with E-state index >= 15 is 0 Å². The zero-order valence-electron chi connectivity index (χ0n) is 32.1. The summed E-state index contributed by atoms with van der Waals surface area (Å²) in [5.74, 6) is 0.00762. The Bertz CT molecular complexity index is 1440. The first-order valence-electron chi connectivity index (χ1n) is 18.4. The molecule has 0 bridgehead atoms. The summed E-state index contributed by atoms with van der Waals surface area (Å²) in [5.41, 5.74) is 0.798. The number of benzene rings is 1. The molecule has 3 rings (SSSR count). The standard InChI is InChI=1S/C43H64N2O3/c1-12-20-38(3,4)23-25-41(9,21-19-36(47)45-30-32-16-14-13-15-17-32)26-24-39(5,6)43(11)22-18-34-40(7,8)37(48)33(29-44)28-42(34,10)35(43)27-31(2)46/h13-17,27-28,34H,12,18-26,30H2,1-11H3,(H,45,47)/b35-27-/t34-,41-,42-,43+/m0/s1. The molecule has 1 N–H and O–H groups in total. The molecule has 0 saturated heterocycles. The molecule has 5 heteroatoms. The Balaban J connectivity index is 1.91.